The Kier molecular flexibility index (Phi) is 4.55. The first-order valence-electron chi connectivity index (χ1n) is 7.04. The average Bonchev–Trinajstić information content (AvgIpc) is 2.82. The highest BCUT2D eigenvalue weighted by molar-refractivity contribution is 8.26. The van der Waals surface area contributed by atoms with Crippen LogP contribution >= 0.6 is 24.0 Å². The summed E-state index contributed by atoms with van der Waals surface area (Å²) in [7, 11) is 1.61. The van der Waals surface area contributed by atoms with Gasteiger partial charge in [-0.25, -0.2) is 0 Å². The fraction of sp³-hybridized carbons (Fsp3) is 0.118. The van der Waals surface area contributed by atoms with Gasteiger partial charge in [-0.05, 0) is 23.1 Å². The summed E-state index contributed by atoms with van der Waals surface area (Å²) in [6, 6.07) is 11.4. The van der Waals surface area contributed by atoms with Gasteiger partial charge in [0.15, 0.2) is 0 Å². The number of hydrogen-bond donors (Lipinski definition) is 1. The third-order valence-electron chi connectivity index (χ3n) is 3.59. The Morgan fingerprint density at radius 1 is 1.29 bits per heavy atom. The van der Waals surface area contributed by atoms with Crippen LogP contribution in [0.25, 0.3) is 16.8 Å². The normalized spacial score (nSPS) is 16.2. The van der Waals surface area contributed by atoms with Gasteiger partial charge in [-0.15, -0.1) is 0 Å². The van der Waals surface area contributed by atoms with Crippen LogP contribution in [0.5, 0.6) is 5.75 Å². The van der Waals surface area contributed by atoms with Gasteiger partial charge in [-0.1, -0.05) is 54.3 Å². The molecule has 1 aliphatic rings. The molecule has 0 saturated carbocycles. The second-order valence-electron chi connectivity index (χ2n) is 5.06. The molecule has 2 aromatic rings. The van der Waals surface area contributed by atoms with Crippen LogP contribution in [0.4, 0.5) is 0 Å². The fourth-order valence-electron chi connectivity index (χ4n) is 2.51. The summed E-state index contributed by atoms with van der Waals surface area (Å²) in [6.45, 7) is -0.425. The predicted octanol–water partition coefficient (Wildman–Crippen LogP) is 3.13. The molecule has 122 valence electrons. The third-order valence-corrected chi connectivity index (χ3v) is 4.97. The number of thiocarbonyl (C=S) groups is 1. The molecule has 1 aliphatic heterocycles. The summed E-state index contributed by atoms with van der Waals surface area (Å²) in [5.41, 5.74) is 0.849. The van der Waals surface area contributed by atoms with Crippen LogP contribution in [0, 0.1) is 0 Å². The molecule has 1 heterocycles. The third kappa shape index (κ3) is 3.00. The molecule has 1 amide bonds. The topological polar surface area (TPSA) is 66.8 Å². The van der Waals surface area contributed by atoms with Gasteiger partial charge in [-0.2, -0.15) is 0 Å². The molecule has 5 nitrogen and oxygen atoms in total. The Labute approximate surface area is 147 Å². The summed E-state index contributed by atoms with van der Waals surface area (Å²) in [4.78, 5) is 24.7. The van der Waals surface area contributed by atoms with Crippen LogP contribution in [0.2, 0.25) is 0 Å². The molecule has 1 saturated heterocycles. The minimum atomic E-state index is -1.09. The lowest BCUT2D eigenvalue weighted by Gasteiger charge is -2.10. The number of methoxy groups -OCH3 is 1. The number of carboxylic acids is 1. The van der Waals surface area contributed by atoms with E-state index in [4.69, 9.17) is 22.1 Å². The first-order chi connectivity index (χ1) is 11.5. The number of amides is 1. The number of benzene rings is 2. The van der Waals surface area contributed by atoms with E-state index in [0.717, 1.165) is 38.7 Å². The number of carbonyl (C=O) groups excluding carboxylic acids is 1. The molecule has 0 radical (unpaired) electrons. The van der Waals surface area contributed by atoms with Gasteiger partial charge < -0.3 is 9.84 Å². The Hall–Kier alpha value is -2.38. The van der Waals surface area contributed by atoms with Gasteiger partial charge in [-0.3, -0.25) is 14.5 Å². The number of thioether (sulfide) groups is 1. The zero-order chi connectivity index (χ0) is 17.3. The summed E-state index contributed by atoms with van der Waals surface area (Å²) < 4.78 is 5.62. The monoisotopic (exact) mass is 359 g/mol. The second-order valence-corrected chi connectivity index (χ2v) is 6.74. The fourth-order valence-corrected chi connectivity index (χ4v) is 3.76. The van der Waals surface area contributed by atoms with Gasteiger partial charge in [0.2, 0.25) is 0 Å². The molecule has 0 aliphatic carbocycles. The van der Waals surface area contributed by atoms with Gasteiger partial charge in [0.1, 0.15) is 16.6 Å². The summed E-state index contributed by atoms with van der Waals surface area (Å²) in [5.74, 6) is -0.726. The van der Waals surface area contributed by atoms with Crippen molar-refractivity contribution in [2.75, 3.05) is 13.7 Å². The van der Waals surface area contributed by atoms with Gasteiger partial charge >= 0.3 is 5.97 Å². The molecule has 0 bridgehead atoms. The van der Waals surface area contributed by atoms with E-state index in [0.29, 0.717) is 4.91 Å². The first kappa shape index (κ1) is 16.5. The quantitative estimate of drug-likeness (QED) is 0.668. The summed E-state index contributed by atoms with van der Waals surface area (Å²) in [6.07, 6.45) is 1.74. The zero-order valence-electron chi connectivity index (χ0n) is 12.7. The Balaban J connectivity index is 2.04. The first-order valence-corrected chi connectivity index (χ1v) is 8.26. The van der Waals surface area contributed by atoms with Crippen molar-refractivity contribution in [1.29, 1.82) is 0 Å². The number of hydrogen-bond acceptors (Lipinski definition) is 5. The van der Waals surface area contributed by atoms with E-state index in [-0.39, 0.29) is 10.2 Å². The number of nitrogens with zero attached hydrogens (tertiary/aromatic N) is 1. The molecule has 0 atom stereocenters. The van der Waals surface area contributed by atoms with Gasteiger partial charge in [0, 0.05) is 5.39 Å². The van der Waals surface area contributed by atoms with Crippen LogP contribution in [0.1, 0.15) is 5.56 Å². The molecule has 0 aromatic heterocycles. The highest BCUT2D eigenvalue weighted by Crippen LogP contribution is 2.35. The van der Waals surface area contributed by atoms with Crippen molar-refractivity contribution in [1.82, 2.24) is 4.90 Å². The number of rotatable bonds is 4. The van der Waals surface area contributed by atoms with Crippen molar-refractivity contribution < 1.29 is 19.4 Å². The average molecular weight is 359 g/mol. The van der Waals surface area contributed by atoms with Crippen molar-refractivity contribution in [2.45, 2.75) is 0 Å². The maximum absolute atomic E-state index is 12.4. The van der Waals surface area contributed by atoms with E-state index < -0.39 is 12.5 Å². The second kappa shape index (κ2) is 6.62. The maximum atomic E-state index is 12.4. The molecule has 0 spiro atoms. The van der Waals surface area contributed by atoms with E-state index in [1.54, 1.807) is 13.2 Å². The van der Waals surface area contributed by atoms with Gasteiger partial charge in [0.25, 0.3) is 5.91 Å². The largest absolute Gasteiger partial charge is 0.496 e. The van der Waals surface area contributed by atoms with Crippen LogP contribution in [-0.2, 0) is 9.59 Å². The van der Waals surface area contributed by atoms with E-state index in [1.165, 1.54) is 0 Å². The van der Waals surface area contributed by atoms with Crippen molar-refractivity contribution in [3.63, 3.8) is 0 Å². The smallest absolute Gasteiger partial charge is 0.323 e. The molecular formula is C17H13NO4S2. The van der Waals surface area contributed by atoms with Crippen LogP contribution in [-0.4, -0.2) is 39.9 Å². The lowest BCUT2D eigenvalue weighted by molar-refractivity contribution is -0.140. The summed E-state index contributed by atoms with van der Waals surface area (Å²) >= 11 is 6.22. The Morgan fingerprint density at radius 2 is 2.00 bits per heavy atom. The molecule has 24 heavy (non-hydrogen) atoms. The molecule has 0 unspecified atom stereocenters. The molecule has 2 aromatic carbocycles. The SMILES string of the molecule is COc1ccc(/C=C2/SC(=S)N(CC(=O)O)C2=O)c2ccccc12. The van der Waals surface area contributed by atoms with Crippen molar-refractivity contribution in [3.8, 4) is 5.75 Å². The molecule has 3 rings (SSSR count). The molecule has 1 fully saturated rings. The standard InChI is InChI=1S/C17H13NO4S2/c1-22-13-7-6-10(11-4-2-3-5-12(11)13)8-14-16(21)18(9-15(19)20)17(23)24-14/h2-8H,9H2,1H3,(H,19,20)/b14-8+. The maximum Gasteiger partial charge on any atom is 0.323 e. The number of carboxylic acid groups (broad SMARTS) is 1. The van der Waals surface area contributed by atoms with Crippen molar-refractivity contribution in [2.24, 2.45) is 0 Å². The van der Waals surface area contributed by atoms with Crippen LogP contribution in [0.3, 0.4) is 0 Å². The van der Waals surface area contributed by atoms with Crippen molar-refractivity contribution in [3.05, 3.63) is 46.9 Å². The van der Waals surface area contributed by atoms with E-state index in [2.05, 4.69) is 0 Å². The molecular weight excluding hydrogens is 346 g/mol. The number of fused-ring (bicyclic) bond motifs is 1. The van der Waals surface area contributed by atoms with E-state index in [9.17, 15) is 9.59 Å². The summed E-state index contributed by atoms with van der Waals surface area (Å²) in [5, 5.41) is 10.8. The predicted molar refractivity (Wildman–Crippen MR) is 98.0 cm³/mol. The zero-order valence-corrected chi connectivity index (χ0v) is 14.3. The number of ether oxygens (including phenoxy) is 1. The van der Waals surface area contributed by atoms with E-state index >= 15 is 0 Å². The Morgan fingerprint density at radius 3 is 2.67 bits per heavy atom. The lowest BCUT2D eigenvalue weighted by atomic mass is 10.0. The highest BCUT2D eigenvalue weighted by atomic mass is 32.2. The minimum Gasteiger partial charge on any atom is -0.496 e. The minimum absolute atomic E-state index is 0.256. The molecule has 7 heteroatoms. The highest BCUT2D eigenvalue weighted by Gasteiger charge is 2.33. The lowest BCUT2D eigenvalue weighted by Crippen LogP contribution is -2.33. The molecule has 1 N–H and O–H groups in total. The van der Waals surface area contributed by atoms with Gasteiger partial charge in [0.05, 0.1) is 12.0 Å². The number of aliphatic carboxylic acids is 1. The van der Waals surface area contributed by atoms with Crippen molar-refractivity contribution >= 4 is 57.0 Å². The van der Waals surface area contributed by atoms with E-state index in [1.807, 2.05) is 36.4 Å². The Bertz CT molecular complexity index is 891. The van der Waals surface area contributed by atoms with Crippen LogP contribution < -0.4 is 4.74 Å². The van der Waals surface area contributed by atoms with Crippen LogP contribution in [0.15, 0.2) is 41.3 Å². The number of carbonyl (C=O) groups is 2.